The van der Waals surface area contributed by atoms with E-state index in [1.807, 2.05) is 0 Å². The van der Waals surface area contributed by atoms with Crippen molar-refractivity contribution in [3.63, 3.8) is 0 Å². The molecule has 0 atom stereocenters. The van der Waals surface area contributed by atoms with Crippen molar-refractivity contribution in [3.8, 4) is 5.69 Å². The number of halogens is 1. The normalized spacial score (nSPS) is 10.3. The number of nitro groups is 1. The van der Waals surface area contributed by atoms with Gasteiger partial charge in [0.15, 0.2) is 0 Å². The molecule has 0 fully saturated rings. The number of aromatic nitrogens is 2. The Labute approximate surface area is 105 Å². The molecular formula is C10H6ClN3O4. The van der Waals surface area contributed by atoms with Gasteiger partial charge in [-0.25, -0.2) is 9.48 Å². The highest BCUT2D eigenvalue weighted by Crippen LogP contribution is 2.22. The van der Waals surface area contributed by atoms with Gasteiger partial charge in [0, 0.05) is 5.02 Å². The maximum absolute atomic E-state index is 11.1. The van der Waals surface area contributed by atoms with Crippen LogP contribution >= 0.6 is 11.6 Å². The summed E-state index contributed by atoms with van der Waals surface area (Å²) in [7, 11) is 0. The highest BCUT2D eigenvalue weighted by atomic mass is 35.5. The summed E-state index contributed by atoms with van der Waals surface area (Å²) in [6, 6.07) is 6.21. The van der Waals surface area contributed by atoms with Gasteiger partial charge >= 0.3 is 11.7 Å². The van der Waals surface area contributed by atoms with Crippen LogP contribution in [0.3, 0.4) is 0 Å². The van der Waals surface area contributed by atoms with Crippen molar-refractivity contribution in [2.24, 2.45) is 0 Å². The molecule has 8 heteroatoms. The zero-order valence-corrected chi connectivity index (χ0v) is 9.53. The summed E-state index contributed by atoms with van der Waals surface area (Å²) in [6.07, 6.45) is 0.893. The smallest absolute Gasteiger partial charge is 0.361 e. The van der Waals surface area contributed by atoms with E-state index in [0.717, 1.165) is 10.9 Å². The fourth-order valence-corrected chi connectivity index (χ4v) is 1.66. The molecule has 0 saturated heterocycles. The molecule has 1 aromatic carbocycles. The third-order valence-electron chi connectivity index (χ3n) is 2.20. The minimum absolute atomic E-state index is 0.341. The molecule has 1 N–H and O–H groups in total. The summed E-state index contributed by atoms with van der Waals surface area (Å²) in [6.45, 7) is 0. The van der Waals surface area contributed by atoms with E-state index in [4.69, 9.17) is 16.7 Å². The molecule has 0 aliphatic carbocycles. The molecule has 92 valence electrons. The van der Waals surface area contributed by atoms with Crippen molar-refractivity contribution in [3.05, 3.63) is 51.3 Å². The number of carboxylic acid groups (broad SMARTS) is 1. The van der Waals surface area contributed by atoms with Gasteiger partial charge in [-0.2, -0.15) is 5.10 Å². The summed E-state index contributed by atoms with van der Waals surface area (Å²) in [4.78, 5) is 21.0. The first-order valence-electron chi connectivity index (χ1n) is 4.72. The number of carbonyl (C=O) groups is 1. The summed E-state index contributed by atoms with van der Waals surface area (Å²) >= 11 is 5.77. The molecule has 0 unspecified atom stereocenters. The molecule has 18 heavy (non-hydrogen) atoms. The van der Waals surface area contributed by atoms with Gasteiger partial charge in [-0.3, -0.25) is 10.1 Å². The number of aromatic carboxylic acids is 1. The van der Waals surface area contributed by atoms with E-state index in [-0.39, 0.29) is 0 Å². The second-order valence-electron chi connectivity index (χ2n) is 3.33. The topological polar surface area (TPSA) is 98.3 Å². The molecule has 1 heterocycles. The zero-order valence-electron chi connectivity index (χ0n) is 8.78. The molecule has 0 bridgehead atoms. The Bertz CT molecular complexity index is 638. The maximum Gasteiger partial charge on any atom is 0.361 e. The third-order valence-corrected chi connectivity index (χ3v) is 2.44. The first-order chi connectivity index (χ1) is 8.50. The van der Waals surface area contributed by atoms with Crippen molar-refractivity contribution in [1.82, 2.24) is 9.78 Å². The summed E-state index contributed by atoms with van der Waals surface area (Å²) < 4.78 is 0.965. The van der Waals surface area contributed by atoms with Gasteiger partial charge in [-0.15, -0.1) is 0 Å². The molecule has 0 amide bonds. The average Bonchev–Trinajstić information content (AvgIpc) is 2.73. The summed E-state index contributed by atoms with van der Waals surface area (Å²) in [5, 5.41) is 23.8. The number of nitrogens with zero attached hydrogens (tertiary/aromatic N) is 3. The minimum atomic E-state index is -1.43. The van der Waals surface area contributed by atoms with Crippen molar-refractivity contribution in [2.75, 3.05) is 0 Å². The third kappa shape index (κ3) is 2.03. The lowest BCUT2D eigenvalue weighted by Crippen LogP contribution is -2.09. The standard InChI is InChI=1S/C10H6ClN3O4/c11-6-2-1-3-7(4-6)13-9(10(15)16)8(5-12-13)14(17)18/h1-5H,(H,15,16). The van der Waals surface area contributed by atoms with Crippen LogP contribution in [0.5, 0.6) is 0 Å². The fraction of sp³-hybridized carbons (Fsp3) is 0. The second-order valence-corrected chi connectivity index (χ2v) is 3.77. The van der Waals surface area contributed by atoms with Crippen molar-refractivity contribution < 1.29 is 14.8 Å². The van der Waals surface area contributed by atoms with Crippen LogP contribution < -0.4 is 0 Å². The SMILES string of the molecule is O=C(O)c1c([N+](=O)[O-])cnn1-c1cccc(Cl)c1. The van der Waals surface area contributed by atoms with E-state index in [2.05, 4.69) is 5.10 Å². The van der Waals surface area contributed by atoms with E-state index in [1.165, 1.54) is 6.07 Å². The highest BCUT2D eigenvalue weighted by Gasteiger charge is 2.27. The molecular weight excluding hydrogens is 262 g/mol. The zero-order chi connectivity index (χ0) is 13.3. The van der Waals surface area contributed by atoms with Gasteiger partial charge in [0.05, 0.1) is 10.6 Å². The van der Waals surface area contributed by atoms with Crippen LogP contribution in [0, 0.1) is 10.1 Å². The Morgan fingerprint density at radius 1 is 1.50 bits per heavy atom. The lowest BCUT2D eigenvalue weighted by molar-refractivity contribution is -0.385. The van der Waals surface area contributed by atoms with E-state index in [9.17, 15) is 14.9 Å². The predicted molar refractivity (Wildman–Crippen MR) is 62.2 cm³/mol. The van der Waals surface area contributed by atoms with Crippen LogP contribution in [-0.4, -0.2) is 25.8 Å². The lowest BCUT2D eigenvalue weighted by Gasteiger charge is -2.03. The van der Waals surface area contributed by atoms with Crippen LogP contribution in [0.4, 0.5) is 5.69 Å². The Morgan fingerprint density at radius 3 is 2.78 bits per heavy atom. The van der Waals surface area contributed by atoms with Gasteiger partial charge in [-0.1, -0.05) is 17.7 Å². The van der Waals surface area contributed by atoms with Crippen molar-refractivity contribution in [1.29, 1.82) is 0 Å². The van der Waals surface area contributed by atoms with Crippen LogP contribution in [0.25, 0.3) is 5.69 Å². The molecule has 0 spiro atoms. The molecule has 0 aliphatic rings. The first-order valence-corrected chi connectivity index (χ1v) is 5.10. The summed E-state index contributed by atoms with van der Waals surface area (Å²) in [5.41, 5.74) is -0.738. The Balaban J connectivity index is 2.65. The number of rotatable bonds is 3. The quantitative estimate of drug-likeness (QED) is 0.678. The van der Waals surface area contributed by atoms with E-state index in [1.54, 1.807) is 18.2 Å². The molecule has 0 aliphatic heterocycles. The maximum atomic E-state index is 11.1. The Morgan fingerprint density at radius 2 is 2.22 bits per heavy atom. The monoisotopic (exact) mass is 267 g/mol. The van der Waals surface area contributed by atoms with E-state index in [0.29, 0.717) is 10.7 Å². The van der Waals surface area contributed by atoms with Crippen LogP contribution in [0.15, 0.2) is 30.5 Å². The Kier molecular flexibility index (Phi) is 2.99. The number of hydrogen-bond acceptors (Lipinski definition) is 4. The van der Waals surface area contributed by atoms with E-state index >= 15 is 0 Å². The van der Waals surface area contributed by atoms with Crippen molar-refractivity contribution in [2.45, 2.75) is 0 Å². The first kappa shape index (κ1) is 12.1. The fourth-order valence-electron chi connectivity index (χ4n) is 1.48. The van der Waals surface area contributed by atoms with Crippen LogP contribution in [-0.2, 0) is 0 Å². The molecule has 1 aromatic heterocycles. The van der Waals surface area contributed by atoms with Crippen LogP contribution in [0.1, 0.15) is 10.5 Å². The largest absolute Gasteiger partial charge is 0.476 e. The van der Waals surface area contributed by atoms with Gasteiger partial charge in [0.1, 0.15) is 6.20 Å². The molecule has 0 radical (unpaired) electrons. The van der Waals surface area contributed by atoms with Gasteiger partial charge in [0.2, 0.25) is 5.69 Å². The van der Waals surface area contributed by atoms with Crippen molar-refractivity contribution >= 4 is 23.3 Å². The molecule has 7 nitrogen and oxygen atoms in total. The molecule has 2 aromatic rings. The second kappa shape index (κ2) is 4.46. The Hall–Kier alpha value is -2.41. The van der Waals surface area contributed by atoms with Gasteiger partial charge in [-0.05, 0) is 18.2 Å². The highest BCUT2D eigenvalue weighted by molar-refractivity contribution is 6.30. The van der Waals surface area contributed by atoms with Crippen LogP contribution in [0.2, 0.25) is 5.02 Å². The number of hydrogen-bond donors (Lipinski definition) is 1. The number of benzene rings is 1. The summed E-state index contributed by atoms with van der Waals surface area (Å²) in [5.74, 6) is -1.43. The van der Waals surface area contributed by atoms with Gasteiger partial charge in [0.25, 0.3) is 0 Å². The van der Waals surface area contributed by atoms with Gasteiger partial charge < -0.3 is 5.11 Å². The number of carboxylic acids is 1. The minimum Gasteiger partial charge on any atom is -0.476 e. The van der Waals surface area contributed by atoms with E-state index < -0.39 is 22.3 Å². The molecule has 0 saturated carbocycles. The average molecular weight is 268 g/mol. The lowest BCUT2D eigenvalue weighted by atomic mass is 10.3. The predicted octanol–water partition coefficient (Wildman–Crippen LogP) is 2.13. The molecule has 2 rings (SSSR count).